The third-order valence-electron chi connectivity index (χ3n) is 5.35. The molecule has 2 aromatic rings. The Morgan fingerprint density at radius 3 is 2.71 bits per heavy atom. The highest BCUT2D eigenvalue weighted by atomic mass is 16.7. The number of nitrogens with zero attached hydrogens (tertiary/aromatic N) is 1. The van der Waals surface area contributed by atoms with Crippen LogP contribution in [-0.2, 0) is 14.3 Å². The Hall–Kier alpha value is -3.10. The molecule has 2 heterocycles. The lowest BCUT2D eigenvalue weighted by atomic mass is 10.1. The lowest BCUT2D eigenvalue weighted by Gasteiger charge is -2.33. The molecule has 4 rings (SSSR count). The fourth-order valence-electron chi connectivity index (χ4n) is 3.68. The van der Waals surface area contributed by atoms with Crippen LogP contribution in [0.25, 0.3) is 0 Å². The second kappa shape index (κ2) is 10.3. The van der Waals surface area contributed by atoms with Gasteiger partial charge in [-0.15, -0.1) is 0 Å². The lowest BCUT2D eigenvalue weighted by Crippen LogP contribution is -2.39. The summed E-state index contributed by atoms with van der Waals surface area (Å²) in [5, 5.41) is 5.25. The molecule has 2 aromatic carbocycles. The van der Waals surface area contributed by atoms with E-state index in [0.717, 1.165) is 39.1 Å². The first-order chi connectivity index (χ1) is 15.2. The third-order valence-corrected chi connectivity index (χ3v) is 5.35. The predicted molar refractivity (Wildman–Crippen MR) is 115 cm³/mol. The van der Waals surface area contributed by atoms with Crippen LogP contribution in [0.2, 0.25) is 0 Å². The number of amides is 2. The summed E-state index contributed by atoms with van der Waals surface area (Å²) in [6.07, 6.45) is 1.84. The molecule has 164 valence electrons. The molecule has 0 bridgehead atoms. The Kier molecular flexibility index (Phi) is 7.01. The zero-order valence-electron chi connectivity index (χ0n) is 17.3. The molecule has 0 aromatic heterocycles. The molecule has 2 aliphatic rings. The lowest BCUT2D eigenvalue weighted by molar-refractivity contribution is -0.136. The number of ether oxygens (including phenoxy) is 3. The number of carbonyl (C=O) groups excluding carboxylic acids is 2. The highest BCUT2D eigenvalue weighted by Gasteiger charge is 2.21. The molecule has 2 aliphatic heterocycles. The molecule has 8 heteroatoms. The van der Waals surface area contributed by atoms with Gasteiger partial charge in [-0.1, -0.05) is 30.3 Å². The van der Waals surface area contributed by atoms with Crippen molar-refractivity contribution in [3.8, 4) is 11.5 Å². The average Bonchev–Trinajstić information content (AvgIpc) is 3.27. The van der Waals surface area contributed by atoms with E-state index >= 15 is 0 Å². The highest BCUT2D eigenvalue weighted by molar-refractivity contribution is 6.39. The number of benzene rings is 2. The molecular weight excluding hydrogens is 398 g/mol. The summed E-state index contributed by atoms with van der Waals surface area (Å²) in [5.74, 6) is -0.167. The van der Waals surface area contributed by atoms with Gasteiger partial charge in [0.25, 0.3) is 0 Å². The van der Waals surface area contributed by atoms with Gasteiger partial charge in [0.1, 0.15) is 0 Å². The van der Waals surface area contributed by atoms with Crippen molar-refractivity contribution in [2.45, 2.75) is 18.9 Å². The Balaban J connectivity index is 1.13. The molecule has 0 unspecified atom stereocenters. The van der Waals surface area contributed by atoms with Crippen molar-refractivity contribution in [2.75, 3.05) is 44.9 Å². The molecule has 2 N–H and O–H groups in total. The van der Waals surface area contributed by atoms with Crippen molar-refractivity contribution in [2.24, 2.45) is 0 Å². The van der Waals surface area contributed by atoms with Gasteiger partial charge < -0.3 is 24.8 Å². The van der Waals surface area contributed by atoms with Crippen LogP contribution in [0.3, 0.4) is 0 Å². The van der Waals surface area contributed by atoms with Crippen LogP contribution in [0.4, 0.5) is 5.69 Å². The second-order valence-electron chi connectivity index (χ2n) is 7.56. The number of hydrogen-bond acceptors (Lipinski definition) is 6. The summed E-state index contributed by atoms with van der Waals surface area (Å²) in [4.78, 5) is 26.5. The molecule has 2 amide bonds. The Morgan fingerprint density at radius 1 is 1.00 bits per heavy atom. The van der Waals surface area contributed by atoms with Gasteiger partial charge in [0.15, 0.2) is 11.5 Å². The topological polar surface area (TPSA) is 89.1 Å². The summed E-state index contributed by atoms with van der Waals surface area (Å²) in [6.45, 7) is 4.05. The summed E-state index contributed by atoms with van der Waals surface area (Å²) >= 11 is 0. The summed E-state index contributed by atoms with van der Waals surface area (Å²) < 4.78 is 16.4. The van der Waals surface area contributed by atoms with E-state index in [1.807, 2.05) is 18.2 Å². The molecular formula is C23H27N3O5. The van der Waals surface area contributed by atoms with Crippen molar-refractivity contribution in [3.63, 3.8) is 0 Å². The molecule has 1 saturated heterocycles. The van der Waals surface area contributed by atoms with Crippen LogP contribution in [0.1, 0.15) is 24.5 Å². The minimum atomic E-state index is -0.697. The maximum Gasteiger partial charge on any atom is 0.313 e. The number of rotatable bonds is 7. The number of nitrogens with one attached hydrogen (secondary N) is 2. The van der Waals surface area contributed by atoms with Crippen molar-refractivity contribution in [3.05, 3.63) is 54.1 Å². The van der Waals surface area contributed by atoms with E-state index in [1.165, 1.54) is 5.56 Å². The summed E-state index contributed by atoms with van der Waals surface area (Å²) in [7, 11) is 0. The third kappa shape index (κ3) is 5.74. The zero-order chi connectivity index (χ0) is 21.5. The van der Waals surface area contributed by atoms with Crippen LogP contribution >= 0.6 is 0 Å². The van der Waals surface area contributed by atoms with E-state index in [9.17, 15) is 9.59 Å². The normalized spacial score (nSPS) is 17.9. The second-order valence-corrected chi connectivity index (χ2v) is 7.56. The van der Waals surface area contributed by atoms with Crippen molar-refractivity contribution in [1.82, 2.24) is 10.2 Å². The van der Waals surface area contributed by atoms with E-state index in [2.05, 4.69) is 27.7 Å². The maximum atomic E-state index is 12.1. The minimum absolute atomic E-state index is 0.106. The summed E-state index contributed by atoms with van der Waals surface area (Å²) in [5.41, 5.74) is 1.69. The Bertz CT molecular complexity index is 905. The standard InChI is InChI=1S/C23H27N3O5/c27-22(23(28)25-18-8-9-19-20(14-18)31-16-30-19)24-10-4-5-11-26-12-13-29-21(15-26)17-6-2-1-3-7-17/h1-3,6-9,14,21H,4-5,10-13,15-16H2,(H,24,27)(H,25,28)/t21-/m1/s1. The molecule has 0 aliphatic carbocycles. The van der Waals surface area contributed by atoms with Gasteiger partial charge >= 0.3 is 11.8 Å². The van der Waals surface area contributed by atoms with Crippen LogP contribution in [0.15, 0.2) is 48.5 Å². The number of fused-ring (bicyclic) bond motifs is 1. The van der Waals surface area contributed by atoms with Crippen LogP contribution < -0.4 is 20.1 Å². The van der Waals surface area contributed by atoms with Crippen LogP contribution in [0.5, 0.6) is 11.5 Å². The van der Waals surface area contributed by atoms with E-state index in [0.29, 0.717) is 23.7 Å². The Labute approximate surface area is 181 Å². The summed E-state index contributed by atoms with van der Waals surface area (Å²) in [6, 6.07) is 15.3. The number of anilines is 1. The van der Waals surface area contributed by atoms with Gasteiger partial charge in [0.2, 0.25) is 6.79 Å². The van der Waals surface area contributed by atoms with Crippen LogP contribution in [0, 0.1) is 0 Å². The first-order valence-corrected chi connectivity index (χ1v) is 10.6. The van der Waals surface area contributed by atoms with Gasteiger partial charge in [0, 0.05) is 31.4 Å². The van der Waals surface area contributed by atoms with Crippen molar-refractivity contribution >= 4 is 17.5 Å². The quantitative estimate of drug-likeness (QED) is 0.523. The molecule has 31 heavy (non-hydrogen) atoms. The fourth-order valence-corrected chi connectivity index (χ4v) is 3.68. The van der Waals surface area contributed by atoms with Crippen LogP contribution in [-0.4, -0.2) is 56.3 Å². The Morgan fingerprint density at radius 2 is 1.84 bits per heavy atom. The molecule has 0 saturated carbocycles. The van der Waals surface area contributed by atoms with Gasteiger partial charge in [-0.2, -0.15) is 0 Å². The van der Waals surface area contributed by atoms with E-state index in [4.69, 9.17) is 14.2 Å². The largest absolute Gasteiger partial charge is 0.454 e. The number of unbranched alkanes of at least 4 members (excludes halogenated alkanes) is 1. The number of hydrogen-bond donors (Lipinski definition) is 2. The molecule has 1 fully saturated rings. The number of carbonyl (C=O) groups is 2. The van der Waals surface area contributed by atoms with E-state index in [-0.39, 0.29) is 12.9 Å². The smallest absolute Gasteiger partial charge is 0.313 e. The molecule has 1 atom stereocenters. The molecule has 0 radical (unpaired) electrons. The number of morpholine rings is 1. The highest BCUT2D eigenvalue weighted by Crippen LogP contribution is 2.34. The average molecular weight is 425 g/mol. The van der Waals surface area contributed by atoms with E-state index < -0.39 is 11.8 Å². The van der Waals surface area contributed by atoms with Gasteiger partial charge in [-0.05, 0) is 37.1 Å². The SMILES string of the molecule is O=C(NCCCCN1CCO[C@@H](c2ccccc2)C1)C(=O)Nc1ccc2c(c1)OCO2. The van der Waals surface area contributed by atoms with Gasteiger partial charge in [0.05, 0.1) is 12.7 Å². The predicted octanol–water partition coefficient (Wildman–Crippen LogP) is 2.32. The molecule has 0 spiro atoms. The van der Waals surface area contributed by atoms with Crippen molar-refractivity contribution < 1.29 is 23.8 Å². The monoisotopic (exact) mass is 425 g/mol. The fraction of sp³-hybridized carbons (Fsp3) is 0.391. The van der Waals surface area contributed by atoms with Crippen molar-refractivity contribution in [1.29, 1.82) is 0 Å². The van der Waals surface area contributed by atoms with Gasteiger partial charge in [-0.3, -0.25) is 14.5 Å². The van der Waals surface area contributed by atoms with Gasteiger partial charge in [-0.25, -0.2) is 0 Å². The minimum Gasteiger partial charge on any atom is -0.454 e. The molecule has 8 nitrogen and oxygen atoms in total. The first-order valence-electron chi connectivity index (χ1n) is 10.6. The first kappa shape index (κ1) is 21.1. The maximum absolute atomic E-state index is 12.1. The zero-order valence-corrected chi connectivity index (χ0v) is 17.3. The van der Waals surface area contributed by atoms with E-state index in [1.54, 1.807) is 18.2 Å².